The number of carbonyl (C=O) groups is 2. The van der Waals surface area contributed by atoms with E-state index in [0.717, 1.165) is 5.39 Å². The Labute approximate surface area is 210 Å². The molecule has 0 saturated carbocycles. The Hall–Kier alpha value is -3.46. The number of rotatable bonds is 9. The van der Waals surface area contributed by atoms with Crippen LogP contribution in [0.4, 0.5) is 10.1 Å². The van der Waals surface area contributed by atoms with Crippen LogP contribution in [0.1, 0.15) is 39.2 Å². The number of amides is 2. The zero-order chi connectivity index (χ0) is 26.0. The van der Waals surface area contributed by atoms with Gasteiger partial charge in [-0.15, -0.1) is 0 Å². The first kappa shape index (κ1) is 25.6. The normalized spacial score (nSPS) is 14.8. The zero-order valence-corrected chi connectivity index (χ0v) is 21.4. The Morgan fingerprint density at radius 3 is 2.39 bits per heavy atom. The zero-order valence-electron chi connectivity index (χ0n) is 20.6. The second-order valence-corrected chi connectivity index (χ2v) is 11.1. The second-order valence-electron chi connectivity index (χ2n) is 9.26. The Bertz CT molecular complexity index is 1400. The van der Waals surface area contributed by atoms with Crippen LogP contribution in [0.2, 0.25) is 0 Å². The van der Waals surface area contributed by atoms with Gasteiger partial charge in [0.25, 0.3) is 10.0 Å². The third kappa shape index (κ3) is 4.93. The van der Waals surface area contributed by atoms with E-state index in [1.165, 1.54) is 15.3 Å². The van der Waals surface area contributed by atoms with E-state index in [1.54, 1.807) is 43.3 Å². The van der Waals surface area contributed by atoms with Crippen LogP contribution in [0.3, 0.4) is 0 Å². The minimum absolute atomic E-state index is 0.00604. The van der Waals surface area contributed by atoms with Crippen LogP contribution in [0.25, 0.3) is 10.8 Å². The van der Waals surface area contributed by atoms with E-state index in [9.17, 15) is 22.4 Å². The highest BCUT2D eigenvalue weighted by Gasteiger charge is 2.35. The molecule has 0 unspecified atom stereocenters. The van der Waals surface area contributed by atoms with E-state index in [1.807, 2.05) is 32.0 Å². The van der Waals surface area contributed by atoms with E-state index in [0.29, 0.717) is 16.6 Å². The van der Waals surface area contributed by atoms with Crippen LogP contribution in [0.15, 0.2) is 65.6 Å². The van der Waals surface area contributed by atoms with E-state index >= 15 is 0 Å². The van der Waals surface area contributed by atoms with Crippen LogP contribution in [-0.2, 0) is 26.2 Å². The van der Waals surface area contributed by atoms with Crippen LogP contribution >= 0.6 is 0 Å². The first-order valence-corrected chi connectivity index (χ1v) is 13.4. The lowest BCUT2D eigenvalue weighted by molar-refractivity contribution is -0.140. The molecule has 3 aromatic carbocycles. The molecular weight excluding hydrogens is 481 g/mol. The van der Waals surface area contributed by atoms with Gasteiger partial charge >= 0.3 is 0 Å². The summed E-state index contributed by atoms with van der Waals surface area (Å²) >= 11 is 0. The lowest BCUT2D eigenvalue weighted by Gasteiger charge is -2.30. The minimum atomic E-state index is -3.72. The summed E-state index contributed by atoms with van der Waals surface area (Å²) in [5.74, 6) is -1.14. The van der Waals surface area contributed by atoms with Gasteiger partial charge in [0.2, 0.25) is 11.8 Å². The lowest BCUT2D eigenvalue weighted by atomic mass is 10.1. The third-order valence-corrected chi connectivity index (χ3v) is 8.19. The molecule has 4 rings (SSSR count). The monoisotopic (exact) mass is 511 g/mol. The molecule has 0 radical (unpaired) electrons. The topological polar surface area (TPSA) is 86.8 Å². The fourth-order valence-corrected chi connectivity index (χ4v) is 6.26. The molecule has 9 heteroatoms. The predicted octanol–water partition coefficient (Wildman–Crippen LogP) is 4.21. The molecule has 2 amide bonds. The van der Waals surface area contributed by atoms with Crippen LogP contribution in [0, 0.1) is 5.82 Å². The maximum Gasteiger partial charge on any atom is 0.265 e. The highest BCUT2D eigenvalue weighted by molar-refractivity contribution is 7.93. The smallest absolute Gasteiger partial charge is 0.265 e. The highest BCUT2D eigenvalue weighted by atomic mass is 32.2. The number of carbonyl (C=O) groups excluding carboxylic acids is 2. The second kappa shape index (κ2) is 10.3. The summed E-state index contributed by atoms with van der Waals surface area (Å²) < 4.78 is 42.1. The molecule has 0 aromatic heterocycles. The van der Waals surface area contributed by atoms with Crippen molar-refractivity contribution in [2.75, 3.05) is 10.8 Å². The molecule has 0 fully saturated rings. The predicted molar refractivity (Wildman–Crippen MR) is 137 cm³/mol. The summed E-state index contributed by atoms with van der Waals surface area (Å²) in [5, 5.41) is 4.32. The summed E-state index contributed by atoms with van der Waals surface area (Å²) in [5.41, 5.74) is 0.905. The summed E-state index contributed by atoms with van der Waals surface area (Å²) in [7, 11) is -3.72. The standard InChI is InChI=1S/C27H30FN3O4S/c1-18(2)29-27(33)19(3)30(17-21-9-4-5-12-22(21)28)25(32)15-8-16-31-23-13-6-10-20-11-7-14-24(26(20)23)36(31,34)35/h4-7,9-14,18-19H,8,15-17H2,1-3H3,(H,29,33)/t19-/m1/s1. The Balaban J connectivity index is 1.51. The molecule has 1 N–H and O–H groups in total. The Morgan fingerprint density at radius 1 is 1.00 bits per heavy atom. The highest BCUT2D eigenvalue weighted by Crippen LogP contribution is 2.42. The van der Waals surface area contributed by atoms with Crippen molar-refractivity contribution in [1.29, 1.82) is 0 Å². The maximum absolute atomic E-state index is 14.4. The van der Waals surface area contributed by atoms with Gasteiger partial charge in [0.1, 0.15) is 11.9 Å². The summed E-state index contributed by atoms with van der Waals surface area (Å²) in [4.78, 5) is 27.6. The number of sulfonamides is 1. The number of hydrogen-bond acceptors (Lipinski definition) is 4. The molecule has 1 heterocycles. The molecule has 0 saturated heterocycles. The van der Waals surface area contributed by atoms with Gasteiger partial charge in [-0.2, -0.15) is 0 Å². The van der Waals surface area contributed by atoms with Gasteiger partial charge in [0.15, 0.2) is 0 Å². The molecule has 0 aliphatic carbocycles. The fourth-order valence-electron chi connectivity index (χ4n) is 4.51. The van der Waals surface area contributed by atoms with Gasteiger partial charge in [0, 0.05) is 36.5 Å². The fraction of sp³-hybridized carbons (Fsp3) is 0.333. The molecule has 7 nitrogen and oxygen atoms in total. The first-order chi connectivity index (χ1) is 17.1. The Morgan fingerprint density at radius 2 is 1.69 bits per heavy atom. The molecule has 0 spiro atoms. The summed E-state index contributed by atoms with van der Waals surface area (Å²) in [6.45, 7) is 5.30. The number of hydrogen-bond donors (Lipinski definition) is 1. The van der Waals surface area contributed by atoms with E-state index in [-0.39, 0.29) is 48.7 Å². The molecule has 0 bridgehead atoms. The number of benzene rings is 3. The number of nitrogens with one attached hydrogen (secondary N) is 1. The molecule has 1 aliphatic heterocycles. The SMILES string of the molecule is CC(C)NC(=O)[C@@H](C)N(Cc1ccccc1F)C(=O)CCCN1c2cccc3cccc(c23)S1(=O)=O. The average Bonchev–Trinajstić information content (AvgIpc) is 3.05. The number of anilines is 1. The Kier molecular flexibility index (Phi) is 7.31. The van der Waals surface area contributed by atoms with Crippen molar-refractivity contribution < 1.29 is 22.4 Å². The van der Waals surface area contributed by atoms with Crippen LogP contribution in [0.5, 0.6) is 0 Å². The maximum atomic E-state index is 14.4. The van der Waals surface area contributed by atoms with Crippen molar-refractivity contribution in [2.24, 2.45) is 0 Å². The van der Waals surface area contributed by atoms with Crippen molar-refractivity contribution in [3.05, 3.63) is 72.0 Å². The van der Waals surface area contributed by atoms with Crippen LogP contribution < -0.4 is 9.62 Å². The molecular formula is C27H30FN3O4S. The summed E-state index contributed by atoms with van der Waals surface area (Å²) in [6.07, 6.45) is 0.251. The van der Waals surface area contributed by atoms with Gasteiger partial charge in [-0.1, -0.05) is 42.5 Å². The largest absolute Gasteiger partial charge is 0.352 e. The van der Waals surface area contributed by atoms with Crippen LogP contribution in [-0.4, -0.2) is 43.8 Å². The van der Waals surface area contributed by atoms with E-state index < -0.39 is 21.9 Å². The van der Waals surface area contributed by atoms with E-state index in [4.69, 9.17) is 0 Å². The van der Waals surface area contributed by atoms with Gasteiger partial charge < -0.3 is 10.2 Å². The van der Waals surface area contributed by atoms with Crippen molar-refractivity contribution in [3.63, 3.8) is 0 Å². The van der Waals surface area contributed by atoms with Gasteiger partial charge in [-0.05, 0) is 50.8 Å². The van der Waals surface area contributed by atoms with Crippen molar-refractivity contribution in [3.8, 4) is 0 Å². The van der Waals surface area contributed by atoms with Crippen molar-refractivity contribution in [1.82, 2.24) is 10.2 Å². The van der Waals surface area contributed by atoms with Gasteiger partial charge in [0.05, 0.1) is 10.6 Å². The number of nitrogens with zero attached hydrogens (tertiary/aromatic N) is 2. The molecule has 36 heavy (non-hydrogen) atoms. The third-order valence-electron chi connectivity index (χ3n) is 6.33. The first-order valence-electron chi connectivity index (χ1n) is 12.0. The average molecular weight is 512 g/mol. The van der Waals surface area contributed by atoms with E-state index in [2.05, 4.69) is 5.32 Å². The minimum Gasteiger partial charge on any atom is -0.352 e. The van der Waals surface area contributed by atoms with Crippen molar-refractivity contribution >= 4 is 38.3 Å². The quantitative estimate of drug-likeness (QED) is 0.466. The molecule has 190 valence electrons. The molecule has 3 aromatic rings. The van der Waals surface area contributed by atoms with Gasteiger partial charge in [-0.3, -0.25) is 13.9 Å². The lowest BCUT2D eigenvalue weighted by Crippen LogP contribution is -2.49. The summed E-state index contributed by atoms with van der Waals surface area (Å²) in [6, 6.07) is 15.8. The number of halogens is 1. The van der Waals surface area contributed by atoms with Crippen molar-refractivity contribution in [2.45, 2.75) is 57.1 Å². The molecule has 1 aliphatic rings. The molecule has 1 atom stereocenters. The van der Waals surface area contributed by atoms with Gasteiger partial charge in [-0.25, -0.2) is 12.8 Å².